The van der Waals surface area contributed by atoms with Crippen molar-refractivity contribution in [1.29, 1.82) is 0 Å². The van der Waals surface area contributed by atoms with E-state index >= 15 is 0 Å². The maximum atomic E-state index is 13.3. The molecule has 0 radical (unpaired) electrons. The van der Waals surface area contributed by atoms with Gasteiger partial charge in [0.25, 0.3) is 0 Å². The molecule has 1 amide bonds. The summed E-state index contributed by atoms with van der Waals surface area (Å²) in [6.07, 6.45) is 1.76. The Labute approximate surface area is 163 Å². The van der Waals surface area contributed by atoms with Crippen LogP contribution in [0.2, 0.25) is 0 Å². The molecule has 3 rings (SSSR count). The van der Waals surface area contributed by atoms with Crippen molar-refractivity contribution in [2.24, 2.45) is 11.8 Å². The van der Waals surface area contributed by atoms with Gasteiger partial charge in [0.05, 0.1) is 12.1 Å². The molecule has 1 aromatic carbocycles. The third kappa shape index (κ3) is 4.75. The number of alkyl halides is 3. The zero-order valence-electron chi connectivity index (χ0n) is 16.2. The fraction of sp³-hybridized carbons (Fsp3) is 0.524. The van der Waals surface area contributed by atoms with Crippen LogP contribution in [0.4, 0.5) is 13.2 Å². The van der Waals surface area contributed by atoms with Crippen molar-refractivity contribution in [3.8, 4) is 0 Å². The molecular weight excluding hydrogens is 367 g/mol. The van der Waals surface area contributed by atoms with Gasteiger partial charge in [-0.1, -0.05) is 38.5 Å². The van der Waals surface area contributed by atoms with Gasteiger partial charge in [-0.05, 0) is 30.4 Å². The number of imidazole rings is 1. The van der Waals surface area contributed by atoms with Gasteiger partial charge in [0.15, 0.2) is 0 Å². The average Bonchev–Trinajstić information content (AvgIpc) is 2.98. The number of rotatable bonds is 7. The van der Waals surface area contributed by atoms with Crippen molar-refractivity contribution in [2.45, 2.75) is 52.4 Å². The monoisotopic (exact) mass is 393 g/mol. The van der Waals surface area contributed by atoms with Crippen molar-refractivity contribution in [1.82, 2.24) is 14.5 Å². The van der Waals surface area contributed by atoms with Crippen LogP contribution in [0.1, 0.15) is 50.1 Å². The van der Waals surface area contributed by atoms with Crippen molar-refractivity contribution in [3.05, 3.63) is 53.6 Å². The molecule has 0 unspecified atom stereocenters. The summed E-state index contributed by atoms with van der Waals surface area (Å²) in [4.78, 5) is 18.9. The summed E-state index contributed by atoms with van der Waals surface area (Å²) in [6.45, 7) is 5.09. The predicted molar refractivity (Wildman–Crippen MR) is 100 cm³/mol. The number of carbonyl (C=O) groups is 1. The van der Waals surface area contributed by atoms with E-state index in [2.05, 4.69) is 4.98 Å². The number of benzene rings is 1. The molecular formula is C21H26F3N3O. The molecule has 1 aromatic heterocycles. The minimum atomic E-state index is -4.40. The first-order valence-corrected chi connectivity index (χ1v) is 9.69. The number of amides is 1. The number of nitrogens with zero attached hydrogens (tertiary/aromatic N) is 3. The largest absolute Gasteiger partial charge is 0.416 e. The van der Waals surface area contributed by atoms with Gasteiger partial charge < -0.3 is 9.47 Å². The standard InChI is InChI=1S/C21H26F3N3O/c1-15(2)12-27(20(28)16-7-5-8-16)14-19-25-10-11-26(19)13-17-6-3-4-9-18(17)21(22,23)24/h3-4,6,9-11,15-16H,5,7-8,12-14H2,1-2H3. The third-order valence-corrected chi connectivity index (χ3v) is 5.15. The summed E-state index contributed by atoms with van der Waals surface area (Å²) < 4.78 is 41.6. The van der Waals surface area contributed by atoms with Gasteiger partial charge in [0.1, 0.15) is 5.82 Å². The average molecular weight is 393 g/mol. The van der Waals surface area contributed by atoms with E-state index in [1.807, 2.05) is 18.7 Å². The SMILES string of the molecule is CC(C)CN(Cc1nccn1Cc1ccccc1C(F)(F)F)C(=O)C1CCC1. The summed E-state index contributed by atoms with van der Waals surface area (Å²) in [6, 6.07) is 5.57. The van der Waals surface area contributed by atoms with Crippen molar-refractivity contribution < 1.29 is 18.0 Å². The van der Waals surface area contributed by atoms with Crippen LogP contribution in [0.25, 0.3) is 0 Å². The molecule has 0 atom stereocenters. The van der Waals surface area contributed by atoms with E-state index in [1.54, 1.807) is 23.0 Å². The fourth-order valence-corrected chi connectivity index (χ4v) is 3.51. The summed E-state index contributed by atoms with van der Waals surface area (Å²) in [5, 5.41) is 0. The Balaban J connectivity index is 1.80. The minimum Gasteiger partial charge on any atom is -0.335 e. The predicted octanol–water partition coefficient (Wildman–Crippen LogP) is 4.73. The van der Waals surface area contributed by atoms with E-state index in [1.165, 1.54) is 12.1 Å². The molecule has 0 N–H and O–H groups in total. The second-order valence-corrected chi connectivity index (χ2v) is 7.87. The van der Waals surface area contributed by atoms with Gasteiger partial charge in [-0.15, -0.1) is 0 Å². The van der Waals surface area contributed by atoms with Crippen LogP contribution in [0.5, 0.6) is 0 Å². The van der Waals surface area contributed by atoms with E-state index in [-0.39, 0.29) is 23.9 Å². The molecule has 0 bridgehead atoms. The van der Waals surface area contributed by atoms with E-state index in [0.717, 1.165) is 25.3 Å². The highest BCUT2D eigenvalue weighted by Crippen LogP contribution is 2.32. The minimum absolute atomic E-state index is 0.0676. The van der Waals surface area contributed by atoms with Crippen LogP contribution < -0.4 is 0 Å². The molecule has 1 aliphatic carbocycles. The van der Waals surface area contributed by atoms with Crippen LogP contribution in [0, 0.1) is 11.8 Å². The first-order valence-electron chi connectivity index (χ1n) is 9.69. The highest BCUT2D eigenvalue weighted by atomic mass is 19.4. The number of aromatic nitrogens is 2. The van der Waals surface area contributed by atoms with Gasteiger partial charge in [-0.25, -0.2) is 4.98 Å². The fourth-order valence-electron chi connectivity index (χ4n) is 3.51. The maximum Gasteiger partial charge on any atom is 0.416 e. The van der Waals surface area contributed by atoms with Crippen molar-refractivity contribution >= 4 is 5.91 Å². The topological polar surface area (TPSA) is 38.1 Å². The van der Waals surface area contributed by atoms with Crippen LogP contribution in [0.3, 0.4) is 0 Å². The van der Waals surface area contributed by atoms with E-state index < -0.39 is 11.7 Å². The smallest absolute Gasteiger partial charge is 0.335 e. The zero-order valence-corrected chi connectivity index (χ0v) is 16.2. The molecule has 7 heteroatoms. The first-order chi connectivity index (χ1) is 13.3. The summed E-state index contributed by atoms with van der Waals surface area (Å²) in [7, 11) is 0. The van der Waals surface area contributed by atoms with Crippen molar-refractivity contribution in [3.63, 3.8) is 0 Å². The lowest BCUT2D eigenvalue weighted by Gasteiger charge is -2.32. The van der Waals surface area contributed by atoms with Gasteiger partial charge in [-0.3, -0.25) is 4.79 Å². The number of halogens is 3. The van der Waals surface area contributed by atoms with E-state index in [0.29, 0.717) is 24.8 Å². The molecule has 1 saturated carbocycles. The van der Waals surface area contributed by atoms with Crippen molar-refractivity contribution in [2.75, 3.05) is 6.54 Å². The molecule has 4 nitrogen and oxygen atoms in total. The lowest BCUT2D eigenvalue weighted by Crippen LogP contribution is -2.41. The Kier molecular flexibility index (Phi) is 6.10. The zero-order chi connectivity index (χ0) is 20.3. The quantitative estimate of drug-likeness (QED) is 0.682. The number of carbonyl (C=O) groups excluding carboxylic acids is 1. The molecule has 1 aliphatic rings. The molecule has 0 aliphatic heterocycles. The Morgan fingerprint density at radius 3 is 2.61 bits per heavy atom. The second kappa shape index (κ2) is 8.37. The number of hydrogen-bond donors (Lipinski definition) is 0. The van der Waals surface area contributed by atoms with Crippen LogP contribution in [-0.4, -0.2) is 26.9 Å². The lowest BCUT2D eigenvalue weighted by molar-refractivity contribution is -0.139. The highest BCUT2D eigenvalue weighted by molar-refractivity contribution is 5.79. The van der Waals surface area contributed by atoms with Crippen LogP contribution >= 0.6 is 0 Å². The Bertz CT molecular complexity index is 809. The molecule has 0 saturated heterocycles. The van der Waals surface area contributed by atoms with Gasteiger partial charge >= 0.3 is 6.18 Å². The number of hydrogen-bond acceptors (Lipinski definition) is 2. The normalized spacial score (nSPS) is 14.9. The highest BCUT2D eigenvalue weighted by Gasteiger charge is 2.33. The first kappa shape index (κ1) is 20.4. The molecule has 1 fully saturated rings. The molecule has 152 valence electrons. The van der Waals surface area contributed by atoms with Gasteiger partial charge in [0, 0.05) is 31.4 Å². The Hall–Kier alpha value is -2.31. The molecule has 2 aromatic rings. The molecule has 28 heavy (non-hydrogen) atoms. The summed E-state index contributed by atoms with van der Waals surface area (Å²) in [5.74, 6) is 1.11. The summed E-state index contributed by atoms with van der Waals surface area (Å²) >= 11 is 0. The Morgan fingerprint density at radius 2 is 2.00 bits per heavy atom. The third-order valence-electron chi connectivity index (χ3n) is 5.15. The van der Waals surface area contributed by atoms with Crippen LogP contribution in [0.15, 0.2) is 36.7 Å². The van der Waals surface area contributed by atoms with Gasteiger partial charge in [-0.2, -0.15) is 13.2 Å². The maximum absolute atomic E-state index is 13.3. The van der Waals surface area contributed by atoms with E-state index in [9.17, 15) is 18.0 Å². The summed E-state index contributed by atoms with van der Waals surface area (Å²) in [5.41, 5.74) is -0.450. The Morgan fingerprint density at radius 1 is 1.29 bits per heavy atom. The van der Waals surface area contributed by atoms with Gasteiger partial charge in [0.2, 0.25) is 5.91 Å². The second-order valence-electron chi connectivity index (χ2n) is 7.87. The lowest BCUT2D eigenvalue weighted by atomic mass is 9.84. The van der Waals surface area contributed by atoms with Crippen LogP contribution in [-0.2, 0) is 24.1 Å². The molecule has 0 spiro atoms. The molecule has 1 heterocycles. The van der Waals surface area contributed by atoms with E-state index in [4.69, 9.17) is 0 Å².